The Labute approximate surface area is 108 Å². The van der Waals surface area contributed by atoms with Crippen LogP contribution in [0.5, 0.6) is 0 Å². The van der Waals surface area contributed by atoms with Crippen LogP contribution >= 0.6 is 11.6 Å². The molecule has 1 aromatic heterocycles. The summed E-state index contributed by atoms with van der Waals surface area (Å²) in [7, 11) is 1.93. The fourth-order valence-electron chi connectivity index (χ4n) is 1.93. The summed E-state index contributed by atoms with van der Waals surface area (Å²) >= 11 is 5.66. The number of aromatic nitrogens is 1. The first-order chi connectivity index (χ1) is 8.36. The van der Waals surface area contributed by atoms with Crippen LogP contribution in [-0.4, -0.2) is 30.0 Å². The Hall–Kier alpha value is -1.07. The molecule has 1 aromatic rings. The summed E-state index contributed by atoms with van der Waals surface area (Å²) in [5.74, 6) is 0. The molecule has 6 heteroatoms. The number of nitrogens with zero attached hydrogens (tertiary/aromatic N) is 2. The van der Waals surface area contributed by atoms with Crippen molar-refractivity contribution < 1.29 is 13.2 Å². The Morgan fingerprint density at radius 2 is 2.06 bits per heavy atom. The smallest absolute Gasteiger partial charge is 0.302 e. The second-order valence-electron chi connectivity index (χ2n) is 4.32. The van der Waals surface area contributed by atoms with Crippen LogP contribution in [0, 0.1) is 0 Å². The van der Waals surface area contributed by atoms with E-state index in [2.05, 4.69) is 9.88 Å². The molecule has 1 aliphatic heterocycles. The van der Waals surface area contributed by atoms with Gasteiger partial charge < -0.3 is 4.90 Å². The van der Waals surface area contributed by atoms with Gasteiger partial charge in [0.2, 0.25) is 0 Å². The monoisotopic (exact) mass is 276 g/mol. The molecule has 0 unspecified atom stereocenters. The first kappa shape index (κ1) is 13.4. The Balaban J connectivity index is 2.40. The van der Waals surface area contributed by atoms with E-state index in [4.69, 9.17) is 11.6 Å². The van der Waals surface area contributed by atoms with Gasteiger partial charge in [0.15, 0.2) is 0 Å². The summed E-state index contributed by atoms with van der Waals surface area (Å²) in [6.07, 6.45) is -1.69. The SMILES string of the molecule is CN1CCC=C(c2cc(Cl)nc(C(F)(F)F)c2)C1. The molecule has 0 aliphatic carbocycles. The molecule has 0 aromatic carbocycles. The molecule has 0 amide bonds. The van der Waals surface area contributed by atoms with Crippen LogP contribution < -0.4 is 0 Å². The van der Waals surface area contributed by atoms with Crippen molar-refractivity contribution in [1.82, 2.24) is 9.88 Å². The molecule has 0 bridgehead atoms. The third-order valence-electron chi connectivity index (χ3n) is 2.80. The minimum atomic E-state index is -4.47. The van der Waals surface area contributed by atoms with Gasteiger partial charge in [0.05, 0.1) is 0 Å². The van der Waals surface area contributed by atoms with Gasteiger partial charge in [-0.25, -0.2) is 4.98 Å². The van der Waals surface area contributed by atoms with Crippen molar-refractivity contribution in [2.45, 2.75) is 12.6 Å². The Kier molecular flexibility index (Phi) is 3.64. The Morgan fingerprint density at radius 3 is 2.67 bits per heavy atom. The molecule has 2 heterocycles. The van der Waals surface area contributed by atoms with Crippen LogP contribution in [0.15, 0.2) is 18.2 Å². The average Bonchev–Trinajstić information content (AvgIpc) is 2.27. The molecule has 0 N–H and O–H groups in total. The first-order valence-corrected chi connectivity index (χ1v) is 5.87. The number of hydrogen-bond donors (Lipinski definition) is 0. The summed E-state index contributed by atoms with van der Waals surface area (Å²) in [4.78, 5) is 5.37. The quantitative estimate of drug-likeness (QED) is 0.730. The molecule has 0 saturated heterocycles. The fraction of sp³-hybridized carbons (Fsp3) is 0.417. The van der Waals surface area contributed by atoms with E-state index >= 15 is 0 Å². The highest BCUT2D eigenvalue weighted by atomic mass is 35.5. The highest BCUT2D eigenvalue weighted by Gasteiger charge is 2.33. The third-order valence-corrected chi connectivity index (χ3v) is 2.99. The molecule has 0 radical (unpaired) electrons. The lowest BCUT2D eigenvalue weighted by Gasteiger charge is -2.23. The minimum absolute atomic E-state index is 0.131. The highest BCUT2D eigenvalue weighted by Crippen LogP contribution is 2.31. The Bertz CT molecular complexity index is 483. The number of halogens is 4. The van der Waals surface area contributed by atoms with Gasteiger partial charge in [-0.05, 0) is 36.7 Å². The van der Waals surface area contributed by atoms with E-state index in [0.717, 1.165) is 24.6 Å². The van der Waals surface area contributed by atoms with Crippen LogP contribution in [0.3, 0.4) is 0 Å². The van der Waals surface area contributed by atoms with Crippen molar-refractivity contribution >= 4 is 17.2 Å². The lowest BCUT2D eigenvalue weighted by Crippen LogP contribution is -2.25. The normalized spacial score (nSPS) is 17.7. The van der Waals surface area contributed by atoms with Crippen LogP contribution in [-0.2, 0) is 6.18 Å². The number of hydrogen-bond acceptors (Lipinski definition) is 2. The maximum absolute atomic E-state index is 12.6. The van der Waals surface area contributed by atoms with Crippen LogP contribution in [0.1, 0.15) is 17.7 Å². The van der Waals surface area contributed by atoms with E-state index in [1.807, 2.05) is 13.1 Å². The van der Waals surface area contributed by atoms with E-state index in [1.54, 1.807) is 0 Å². The van der Waals surface area contributed by atoms with Gasteiger partial charge in [-0.3, -0.25) is 0 Å². The number of likely N-dealkylation sites (N-methyl/N-ethyl adjacent to an activating group) is 1. The molecular weight excluding hydrogens is 265 g/mol. The van der Waals surface area contributed by atoms with Crippen LogP contribution in [0.25, 0.3) is 5.57 Å². The van der Waals surface area contributed by atoms with Crippen molar-refractivity contribution in [2.75, 3.05) is 20.1 Å². The summed E-state index contributed by atoms with van der Waals surface area (Å²) < 4.78 is 37.9. The molecule has 1 aliphatic rings. The second kappa shape index (κ2) is 4.90. The topological polar surface area (TPSA) is 16.1 Å². The van der Waals surface area contributed by atoms with E-state index in [-0.39, 0.29) is 5.15 Å². The maximum atomic E-state index is 12.6. The van der Waals surface area contributed by atoms with Gasteiger partial charge in [-0.15, -0.1) is 0 Å². The third kappa shape index (κ3) is 3.03. The van der Waals surface area contributed by atoms with Crippen molar-refractivity contribution in [3.8, 4) is 0 Å². The summed E-state index contributed by atoms with van der Waals surface area (Å²) in [6.45, 7) is 1.53. The zero-order valence-electron chi connectivity index (χ0n) is 9.76. The molecule has 0 saturated carbocycles. The van der Waals surface area contributed by atoms with Gasteiger partial charge >= 0.3 is 6.18 Å². The van der Waals surface area contributed by atoms with Gasteiger partial charge in [0, 0.05) is 13.1 Å². The van der Waals surface area contributed by atoms with E-state index in [1.165, 1.54) is 6.07 Å². The predicted molar refractivity (Wildman–Crippen MR) is 64.3 cm³/mol. The number of rotatable bonds is 1. The average molecular weight is 277 g/mol. The standard InChI is InChI=1S/C12H12ClF3N2/c1-18-4-2-3-8(7-18)9-5-10(12(14,15)16)17-11(13)6-9/h3,5-6H,2,4,7H2,1H3. The summed E-state index contributed by atoms with van der Waals surface area (Å²) in [6, 6.07) is 2.53. The number of pyridine rings is 1. The molecule has 2 rings (SSSR count). The molecule has 18 heavy (non-hydrogen) atoms. The van der Waals surface area contributed by atoms with Crippen molar-refractivity contribution in [3.63, 3.8) is 0 Å². The zero-order valence-corrected chi connectivity index (χ0v) is 10.5. The van der Waals surface area contributed by atoms with Gasteiger partial charge in [0.25, 0.3) is 0 Å². The second-order valence-corrected chi connectivity index (χ2v) is 4.70. The van der Waals surface area contributed by atoms with E-state index < -0.39 is 11.9 Å². The fourth-order valence-corrected chi connectivity index (χ4v) is 2.14. The van der Waals surface area contributed by atoms with Crippen molar-refractivity contribution in [2.24, 2.45) is 0 Å². The van der Waals surface area contributed by atoms with Crippen LogP contribution in [0.4, 0.5) is 13.2 Å². The van der Waals surface area contributed by atoms with Gasteiger partial charge in [0.1, 0.15) is 10.8 Å². The minimum Gasteiger partial charge on any atom is -0.302 e. The van der Waals surface area contributed by atoms with E-state index in [0.29, 0.717) is 12.1 Å². The van der Waals surface area contributed by atoms with E-state index in [9.17, 15) is 13.2 Å². The molecule has 0 fully saturated rings. The molecule has 0 atom stereocenters. The largest absolute Gasteiger partial charge is 0.433 e. The van der Waals surface area contributed by atoms with Crippen molar-refractivity contribution in [3.05, 3.63) is 34.6 Å². The lowest BCUT2D eigenvalue weighted by atomic mass is 10.0. The predicted octanol–water partition coefficient (Wildman–Crippen LogP) is 3.47. The molecular formula is C12H12ClF3N2. The highest BCUT2D eigenvalue weighted by molar-refractivity contribution is 6.29. The summed E-state index contributed by atoms with van der Waals surface area (Å²) in [5, 5.41) is -0.131. The van der Waals surface area contributed by atoms with Gasteiger partial charge in [-0.2, -0.15) is 13.2 Å². The summed E-state index contributed by atoms with van der Waals surface area (Å²) in [5.41, 5.74) is 0.409. The zero-order chi connectivity index (χ0) is 13.3. The van der Waals surface area contributed by atoms with Crippen molar-refractivity contribution in [1.29, 1.82) is 0 Å². The Morgan fingerprint density at radius 1 is 1.33 bits per heavy atom. The van der Waals surface area contributed by atoms with Crippen LogP contribution in [0.2, 0.25) is 5.15 Å². The maximum Gasteiger partial charge on any atom is 0.433 e. The van der Waals surface area contributed by atoms with Gasteiger partial charge in [-0.1, -0.05) is 17.7 Å². The molecule has 98 valence electrons. The first-order valence-electron chi connectivity index (χ1n) is 5.49. The molecule has 2 nitrogen and oxygen atoms in total. The number of alkyl halides is 3. The lowest BCUT2D eigenvalue weighted by molar-refractivity contribution is -0.141. The molecule has 0 spiro atoms.